The van der Waals surface area contributed by atoms with Gasteiger partial charge in [0, 0.05) is 17.6 Å². The zero-order valence-corrected chi connectivity index (χ0v) is 9.01. The molecule has 1 aromatic rings. The molecule has 72 valence electrons. The number of nitrogens with two attached hydrogens (primary N) is 1. The first kappa shape index (κ1) is 10.3. The van der Waals surface area contributed by atoms with E-state index in [2.05, 4.69) is 30.7 Å². The van der Waals surface area contributed by atoms with E-state index in [1.165, 1.54) is 0 Å². The van der Waals surface area contributed by atoms with Crippen molar-refractivity contribution in [2.75, 3.05) is 5.73 Å². The number of aromatic nitrogens is 2. The summed E-state index contributed by atoms with van der Waals surface area (Å²) in [5.74, 6) is 1.14. The van der Waals surface area contributed by atoms with Crippen LogP contribution in [0.5, 0.6) is 0 Å². The van der Waals surface area contributed by atoms with E-state index in [1.54, 1.807) is 24.2 Å². The monoisotopic (exact) mass is 197 g/mol. The second-order valence-electron chi connectivity index (χ2n) is 3.31. The molecule has 1 rings (SSSR count). The summed E-state index contributed by atoms with van der Waals surface area (Å²) in [4.78, 5) is 8.16. The number of hydrogen-bond acceptors (Lipinski definition) is 4. The lowest BCUT2D eigenvalue weighted by atomic mass is 10.2. The van der Waals surface area contributed by atoms with E-state index in [0.717, 1.165) is 5.03 Å². The van der Waals surface area contributed by atoms with E-state index < -0.39 is 0 Å². The Hall–Kier alpha value is -0.770. The zero-order valence-electron chi connectivity index (χ0n) is 8.19. The van der Waals surface area contributed by atoms with Gasteiger partial charge >= 0.3 is 0 Å². The van der Waals surface area contributed by atoms with Gasteiger partial charge in [0.2, 0.25) is 0 Å². The fourth-order valence-electron chi connectivity index (χ4n) is 0.739. The summed E-state index contributed by atoms with van der Waals surface area (Å²) in [6.45, 7) is 6.54. The Morgan fingerprint density at radius 2 is 1.85 bits per heavy atom. The van der Waals surface area contributed by atoms with Gasteiger partial charge in [0.1, 0.15) is 5.03 Å². The van der Waals surface area contributed by atoms with Crippen molar-refractivity contribution in [1.29, 1.82) is 0 Å². The standard InChI is InChI=1S/C9H15N3S/c1-6(2)7(3)13-9-8(10)11-4-5-12-9/h4-7H,1-3H3,(H2,10,11). The summed E-state index contributed by atoms with van der Waals surface area (Å²) in [7, 11) is 0. The summed E-state index contributed by atoms with van der Waals surface area (Å²) in [5.41, 5.74) is 5.67. The van der Waals surface area contributed by atoms with Crippen LogP contribution in [-0.2, 0) is 0 Å². The second kappa shape index (κ2) is 4.46. The average molecular weight is 197 g/mol. The first-order chi connectivity index (χ1) is 6.11. The minimum absolute atomic E-state index is 0.513. The number of anilines is 1. The molecule has 0 saturated carbocycles. The van der Waals surface area contributed by atoms with Crippen molar-refractivity contribution in [3.05, 3.63) is 12.4 Å². The highest BCUT2D eigenvalue weighted by Gasteiger charge is 2.11. The largest absolute Gasteiger partial charge is 0.381 e. The molecule has 4 heteroatoms. The second-order valence-corrected chi connectivity index (χ2v) is 4.68. The number of nitrogens with zero attached hydrogens (tertiary/aromatic N) is 2. The van der Waals surface area contributed by atoms with Gasteiger partial charge in [-0.2, -0.15) is 0 Å². The maximum Gasteiger partial charge on any atom is 0.156 e. The van der Waals surface area contributed by atoms with Crippen molar-refractivity contribution in [2.45, 2.75) is 31.0 Å². The van der Waals surface area contributed by atoms with Crippen molar-refractivity contribution in [2.24, 2.45) is 5.92 Å². The van der Waals surface area contributed by atoms with Crippen molar-refractivity contribution < 1.29 is 0 Å². The zero-order chi connectivity index (χ0) is 9.84. The first-order valence-electron chi connectivity index (χ1n) is 4.34. The highest BCUT2D eigenvalue weighted by atomic mass is 32.2. The molecule has 0 aliphatic carbocycles. The molecule has 0 aromatic carbocycles. The summed E-state index contributed by atoms with van der Waals surface area (Å²) < 4.78 is 0. The van der Waals surface area contributed by atoms with Crippen molar-refractivity contribution in [3.63, 3.8) is 0 Å². The lowest BCUT2D eigenvalue weighted by molar-refractivity contribution is 0.641. The molecule has 0 aliphatic heterocycles. The Morgan fingerprint density at radius 1 is 1.23 bits per heavy atom. The van der Waals surface area contributed by atoms with E-state index in [0.29, 0.717) is 17.0 Å². The minimum atomic E-state index is 0.513. The summed E-state index contributed by atoms with van der Waals surface area (Å²) >= 11 is 1.68. The number of thioether (sulfide) groups is 1. The van der Waals surface area contributed by atoms with Gasteiger partial charge in [0.15, 0.2) is 5.82 Å². The van der Waals surface area contributed by atoms with Crippen LogP contribution in [-0.4, -0.2) is 15.2 Å². The SMILES string of the molecule is CC(C)C(C)Sc1nccnc1N. The third-order valence-electron chi connectivity index (χ3n) is 1.93. The van der Waals surface area contributed by atoms with Crippen LogP contribution in [0.15, 0.2) is 17.4 Å². The van der Waals surface area contributed by atoms with E-state index >= 15 is 0 Å². The van der Waals surface area contributed by atoms with Gasteiger partial charge < -0.3 is 5.73 Å². The molecule has 3 nitrogen and oxygen atoms in total. The number of nitrogen functional groups attached to an aromatic ring is 1. The molecule has 0 radical (unpaired) electrons. The highest BCUT2D eigenvalue weighted by Crippen LogP contribution is 2.28. The summed E-state index contributed by atoms with van der Waals surface area (Å²) in [5, 5.41) is 1.35. The van der Waals surface area contributed by atoms with Gasteiger partial charge in [-0.3, -0.25) is 0 Å². The van der Waals surface area contributed by atoms with Crippen LogP contribution in [0.2, 0.25) is 0 Å². The molecule has 0 bridgehead atoms. The molecule has 0 spiro atoms. The minimum Gasteiger partial charge on any atom is -0.381 e. The molecule has 0 aliphatic rings. The lowest BCUT2D eigenvalue weighted by Crippen LogP contribution is -2.07. The highest BCUT2D eigenvalue weighted by molar-refractivity contribution is 8.00. The van der Waals surface area contributed by atoms with Gasteiger partial charge in [0.25, 0.3) is 0 Å². The van der Waals surface area contributed by atoms with E-state index in [1.807, 2.05) is 0 Å². The Morgan fingerprint density at radius 3 is 2.38 bits per heavy atom. The van der Waals surface area contributed by atoms with E-state index in [9.17, 15) is 0 Å². The average Bonchev–Trinajstić information content (AvgIpc) is 2.08. The normalized spacial score (nSPS) is 13.2. The van der Waals surface area contributed by atoms with Crippen LogP contribution in [0, 0.1) is 5.92 Å². The third kappa shape index (κ3) is 2.88. The Balaban J connectivity index is 2.69. The molecule has 1 atom stereocenters. The quantitative estimate of drug-likeness (QED) is 0.755. The maximum atomic E-state index is 5.67. The van der Waals surface area contributed by atoms with Gasteiger partial charge in [-0.25, -0.2) is 9.97 Å². The van der Waals surface area contributed by atoms with Gasteiger partial charge in [-0.05, 0) is 5.92 Å². The molecule has 0 amide bonds. The van der Waals surface area contributed by atoms with Gasteiger partial charge in [-0.1, -0.05) is 32.5 Å². The molecule has 1 aromatic heterocycles. The van der Waals surface area contributed by atoms with E-state index in [4.69, 9.17) is 5.73 Å². The van der Waals surface area contributed by atoms with Gasteiger partial charge in [0.05, 0.1) is 0 Å². The molecule has 13 heavy (non-hydrogen) atoms. The fraction of sp³-hybridized carbons (Fsp3) is 0.556. The first-order valence-corrected chi connectivity index (χ1v) is 5.22. The smallest absolute Gasteiger partial charge is 0.156 e. The predicted molar refractivity (Wildman–Crippen MR) is 56.6 cm³/mol. The van der Waals surface area contributed by atoms with Crippen LogP contribution < -0.4 is 5.73 Å². The lowest BCUT2D eigenvalue weighted by Gasteiger charge is -2.14. The van der Waals surface area contributed by atoms with Crippen LogP contribution in [0.25, 0.3) is 0 Å². The van der Waals surface area contributed by atoms with Crippen LogP contribution in [0.1, 0.15) is 20.8 Å². The van der Waals surface area contributed by atoms with Crippen molar-refractivity contribution in [1.82, 2.24) is 9.97 Å². The van der Waals surface area contributed by atoms with Crippen LogP contribution in [0.3, 0.4) is 0 Å². The molecule has 2 N–H and O–H groups in total. The maximum absolute atomic E-state index is 5.67. The Kier molecular flexibility index (Phi) is 3.54. The molecule has 0 fully saturated rings. The molecule has 1 heterocycles. The van der Waals surface area contributed by atoms with E-state index in [-0.39, 0.29) is 0 Å². The molecule has 0 saturated heterocycles. The molecular weight excluding hydrogens is 182 g/mol. The molecule has 1 unspecified atom stereocenters. The fourth-order valence-corrected chi connectivity index (χ4v) is 1.66. The van der Waals surface area contributed by atoms with Crippen molar-refractivity contribution >= 4 is 17.6 Å². The summed E-state index contributed by atoms with van der Waals surface area (Å²) in [6.07, 6.45) is 3.28. The van der Waals surface area contributed by atoms with Gasteiger partial charge in [-0.15, -0.1) is 0 Å². The van der Waals surface area contributed by atoms with Crippen LogP contribution >= 0.6 is 11.8 Å². The topological polar surface area (TPSA) is 51.8 Å². The van der Waals surface area contributed by atoms with Crippen LogP contribution in [0.4, 0.5) is 5.82 Å². The number of hydrogen-bond donors (Lipinski definition) is 1. The predicted octanol–water partition coefficient (Wildman–Crippen LogP) is 2.20. The molecular formula is C9H15N3S. The number of rotatable bonds is 3. The summed E-state index contributed by atoms with van der Waals surface area (Å²) in [6, 6.07) is 0. The van der Waals surface area contributed by atoms with Crippen molar-refractivity contribution in [3.8, 4) is 0 Å². The Labute approximate surface area is 83.2 Å². The Bertz CT molecular complexity index is 275. The third-order valence-corrected chi connectivity index (χ3v) is 3.38.